The second-order valence-corrected chi connectivity index (χ2v) is 14.4. The van der Waals surface area contributed by atoms with E-state index in [4.69, 9.17) is 27.9 Å². The highest BCUT2D eigenvalue weighted by Crippen LogP contribution is 2.39. The van der Waals surface area contributed by atoms with Gasteiger partial charge < -0.3 is 14.5 Å². The van der Waals surface area contributed by atoms with Crippen LogP contribution >= 0.6 is 23.2 Å². The Morgan fingerprint density at radius 2 is 1.65 bits per heavy atom. The van der Waals surface area contributed by atoms with Crippen LogP contribution in [0, 0.1) is 5.92 Å². The number of carbonyl (C=O) groups excluding carboxylic acids is 2. The minimum absolute atomic E-state index is 0.138. The van der Waals surface area contributed by atoms with Crippen molar-refractivity contribution in [3.63, 3.8) is 0 Å². The topological polar surface area (TPSA) is 87.2 Å². The number of hydrogen-bond acceptors (Lipinski definition) is 5. The number of likely N-dealkylation sites (N-methyl/N-ethyl adjacent to an activating group) is 1. The first kappa shape index (κ1) is 31.9. The Balaban J connectivity index is 1.38. The van der Waals surface area contributed by atoms with E-state index in [1.54, 1.807) is 23.1 Å². The van der Waals surface area contributed by atoms with Crippen LogP contribution in [0.15, 0.2) is 36.4 Å². The number of nitrogens with zero attached hydrogens (tertiary/aromatic N) is 3. The summed E-state index contributed by atoms with van der Waals surface area (Å²) in [5.41, 5.74) is -0.503. The maximum atomic E-state index is 13.7. The van der Waals surface area contributed by atoms with Crippen molar-refractivity contribution in [2.24, 2.45) is 5.92 Å². The number of alkyl halides is 3. The lowest BCUT2D eigenvalue weighted by Crippen LogP contribution is -2.46. The molecule has 3 aliphatic rings. The molecule has 43 heavy (non-hydrogen) atoms. The summed E-state index contributed by atoms with van der Waals surface area (Å²) in [5, 5.41) is 0.325. The van der Waals surface area contributed by atoms with Gasteiger partial charge in [0, 0.05) is 50.6 Å². The number of piperidine rings is 1. The Hall–Kier alpha value is -2.54. The molecule has 0 radical (unpaired) electrons. The van der Waals surface area contributed by atoms with Crippen LogP contribution in [-0.2, 0) is 21.0 Å². The highest BCUT2D eigenvalue weighted by Gasteiger charge is 2.45. The molecule has 0 bridgehead atoms. The number of benzene rings is 2. The zero-order valence-electron chi connectivity index (χ0n) is 23.6. The highest BCUT2D eigenvalue weighted by atomic mass is 35.5. The minimum atomic E-state index is -4.73. The maximum Gasteiger partial charge on any atom is 0.419 e. The summed E-state index contributed by atoms with van der Waals surface area (Å²) in [6.07, 6.45) is -2.60. The molecule has 2 aromatic rings. The molecule has 0 unspecified atom stereocenters. The van der Waals surface area contributed by atoms with Gasteiger partial charge >= 0.3 is 6.18 Å². The Labute approximate surface area is 258 Å². The molecule has 1 aliphatic carbocycles. The van der Waals surface area contributed by atoms with Gasteiger partial charge in [-0.1, -0.05) is 29.3 Å². The SMILES string of the molecule is COc1ccc(C(=O)N(C)[C@H]2CN(C(=O)C3CCN(S(=O)(=O)C4CC4)CC3)C[C@@H]2c2ccc(Cl)c(Cl)c2)cc1C(F)(F)F. The number of amides is 2. The monoisotopic (exact) mass is 661 g/mol. The quantitative estimate of drug-likeness (QED) is 0.402. The van der Waals surface area contributed by atoms with Gasteiger partial charge in [0.05, 0.1) is 34.0 Å². The third-order valence-corrected chi connectivity index (χ3v) is 11.8. The molecule has 234 valence electrons. The normalized spacial score (nSPS) is 22.1. The van der Waals surface area contributed by atoms with Gasteiger partial charge in [0.25, 0.3) is 5.91 Å². The third kappa shape index (κ3) is 6.48. The largest absolute Gasteiger partial charge is 0.496 e. The van der Waals surface area contributed by atoms with Gasteiger partial charge in [-0.15, -0.1) is 0 Å². The van der Waals surface area contributed by atoms with Crippen LogP contribution < -0.4 is 4.74 Å². The molecule has 1 saturated carbocycles. The van der Waals surface area contributed by atoms with E-state index in [9.17, 15) is 31.2 Å². The first-order valence-electron chi connectivity index (χ1n) is 14.0. The van der Waals surface area contributed by atoms with E-state index in [1.165, 1.54) is 22.3 Å². The molecule has 2 aromatic carbocycles. The molecule has 0 N–H and O–H groups in total. The molecule has 5 rings (SSSR count). The lowest BCUT2D eigenvalue weighted by molar-refractivity contribution is -0.139. The van der Waals surface area contributed by atoms with Gasteiger partial charge in [-0.2, -0.15) is 13.2 Å². The van der Waals surface area contributed by atoms with E-state index in [1.807, 2.05) is 0 Å². The van der Waals surface area contributed by atoms with E-state index in [2.05, 4.69) is 0 Å². The van der Waals surface area contributed by atoms with Crippen molar-refractivity contribution in [1.82, 2.24) is 14.1 Å². The van der Waals surface area contributed by atoms with Crippen LogP contribution in [0.4, 0.5) is 13.2 Å². The highest BCUT2D eigenvalue weighted by molar-refractivity contribution is 7.90. The molecule has 2 aliphatic heterocycles. The molecule has 8 nitrogen and oxygen atoms in total. The third-order valence-electron chi connectivity index (χ3n) is 8.65. The molecule has 14 heteroatoms. The van der Waals surface area contributed by atoms with Crippen molar-refractivity contribution < 1.29 is 35.9 Å². The van der Waals surface area contributed by atoms with Crippen LogP contribution in [-0.4, -0.2) is 86.0 Å². The molecule has 2 amide bonds. The maximum absolute atomic E-state index is 13.7. The Kier molecular flexibility index (Phi) is 8.97. The molecular weight excluding hydrogens is 630 g/mol. The van der Waals surface area contributed by atoms with Crippen molar-refractivity contribution in [1.29, 1.82) is 0 Å². The number of ether oxygens (including phenoxy) is 1. The van der Waals surface area contributed by atoms with Crippen LogP contribution in [0.3, 0.4) is 0 Å². The Morgan fingerprint density at radius 1 is 0.977 bits per heavy atom. The van der Waals surface area contributed by atoms with E-state index >= 15 is 0 Å². The van der Waals surface area contributed by atoms with Gasteiger partial charge in [-0.05, 0) is 61.6 Å². The average Bonchev–Trinajstić information content (AvgIpc) is 3.76. The molecule has 3 fully saturated rings. The predicted molar refractivity (Wildman–Crippen MR) is 156 cm³/mol. The Bertz CT molecular complexity index is 1510. The first-order valence-corrected chi connectivity index (χ1v) is 16.2. The fourth-order valence-electron chi connectivity index (χ4n) is 6.04. The fourth-order valence-corrected chi connectivity index (χ4v) is 8.22. The lowest BCUT2D eigenvalue weighted by Gasteiger charge is -2.33. The van der Waals surface area contributed by atoms with Gasteiger partial charge in [-0.25, -0.2) is 12.7 Å². The number of likely N-dealkylation sites (tertiary alicyclic amines) is 1. The lowest BCUT2D eigenvalue weighted by atomic mass is 9.93. The second kappa shape index (κ2) is 12.1. The van der Waals surface area contributed by atoms with Gasteiger partial charge in [0.1, 0.15) is 5.75 Å². The number of sulfonamides is 1. The van der Waals surface area contributed by atoms with Crippen molar-refractivity contribution in [3.8, 4) is 5.75 Å². The molecule has 2 saturated heterocycles. The van der Waals surface area contributed by atoms with E-state index in [0.717, 1.165) is 24.8 Å². The summed E-state index contributed by atoms with van der Waals surface area (Å²) in [7, 11) is -0.690. The van der Waals surface area contributed by atoms with Crippen molar-refractivity contribution in [2.75, 3.05) is 40.3 Å². The smallest absolute Gasteiger partial charge is 0.419 e. The molecular formula is C29H32Cl2F3N3O5S. The predicted octanol–water partition coefficient (Wildman–Crippen LogP) is 5.29. The summed E-state index contributed by atoms with van der Waals surface area (Å²) >= 11 is 12.4. The number of rotatable bonds is 7. The minimum Gasteiger partial charge on any atom is -0.496 e. The summed E-state index contributed by atoms with van der Waals surface area (Å²) in [6, 6.07) is 7.63. The Morgan fingerprint density at radius 3 is 2.23 bits per heavy atom. The summed E-state index contributed by atoms with van der Waals surface area (Å²) in [4.78, 5) is 30.3. The molecule has 0 spiro atoms. The number of methoxy groups -OCH3 is 1. The summed E-state index contributed by atoms with van der Waals surface area (Å²) < 4.78 is 72.7. The zero-order chi connectivity index (χ0) is 31.3. The first-order chi connectivity index (χ1) is 20.2. The van der Waals surface area contributed by atoms with Crippen LogP contribution in [0.5, 0.6) is 5.75 Å². The van der Waals surface area contributed by atoms with E-state index < -0.39 is 45.4 Å². The fraction of sp³-hybridized carbons (Fsp3) is 0.517. The van der Waals surface area contributed by atoms with Gasteiger partial charge in [0.2, 0.25) is 15.9 Å². The number of halogens is 5. The van der Waals surface area contributed by atoms with E-state index in [0.29, 0.717) is 35.7 Å². The zero-order valence-corrected chi connectivity index (χ0v) is 25.9. The van der Waals surface area contributed by atoms with Crippen molar-refractivity contribution in [2.45, 2.75) is 49.1 Å². The van der Waals surface area contributed by atoms with Crippen molar-refractivity contribution in [3.05, 3.63) is 63.1 Å². The second-order valence-electron chi connectivity index (χ2n) is 11.3. The molecule has 0 aromatic heterocycles. The number of carbonyl (C=O) groups is 2. The molecule has 2 heterocycles. The van der Waals surface area contributed by atoms with Crippen molar-refractivity contribution >= 4 is 45.0 Å². The molecule has 2 atom stereocenters. The standard InChI is InChI=1S/C29H32Cl2F3N3O5S/c1-35(27(38)19-4-8-26(42-2)22(13-19)29(32,33)34)25-16-36(15-21(25)18-3-7-23(30)24(31)14-18)28(39)17-9-11-37(12-10-17)43(40,41)20-5-6-20/h3-4,7-8,13-14,17,20-21,25H,5-6,9-12,15-16H2,1-2H3/t21-,25+/m1/s1. The summed E-state index contributed by atoms with van der Waals surface area (Å²) in [6.45, 7) is 0.950. The van der Waals surface area contributed by atoms with Crippen LogP contribution in [0.2, 0.25) is 10.0 Å². The number of hydrogen-bond donors (Lipinski definition) is 0. The van der Waals surface area contributed by atoms with Crippen LogP contribution in [0.25, 0.3) is 0 Å². The van der Waals surface area contributed by atoms with Crippen LogP contribution in [0.1, 0.15) is 53.1 Å². The summed E-state index contributed by atoms with van der Waals surface area (Å²) in [5.74, 6) is -1.95. The van der Waals surface area contributed by atoms with E-state index in [-0.39, 0.29) is 48.8 Å². The van der Waals surface area contributed by atoms with Gasteiger partial charge in [0.15, 0.2) is 0 Å². The average molecular weight is 663 g/mol. The van der Waals surface area contributed by atoms with Gasteiger partial charge in [-0.3, -0.25) is 9.59 Å².